The molecule has 3 aromatic heterocycles. The Morgan fingerprint density at radius 1 is 0.337 bits per heavy atom. The Hall–Kier alpha value is -8.26. The lowest BCUT2D eigenvalue weighted by molar-refractivity contribution is -0.212. The maximum absolute atomic E-state index is 18.7. The molecule has 0 aliphatic carbocycles. The molecule has 3 heterocycles. The quantitative estimate of drug-likeness (QED) is 0.0510. The first-order chi connectivity index (χ1) is 44.0. The molecule has 0 bridgehead atoms. The van der Waals surface area contributed by atoms with E-state index in [1.54, 1.807) is 36.4 Å². The molecule has 6 rings (SSSR count). The van der Waals surface area contributed by atoms with Crippen LogP contribution in [0.25, 0.3) is 0 Å². The number of hydrogen-bond acceptors (Lipinski definition) is 16. The highest BCUT2D eigenvalue weighted by Crippen LogP contribution is 2.70. The molecular weight excluding hydrogens is 1210 g/mol. The van der Waals surface area contributed by atoms with Gasteiger partial charge in [0.1, 0.15) is 51.1 Å². The molecular formula is C75H99N12O7P. The van der Waals surface area contributed by atoms with Gasteiger partial charge in [-0.3, -0.25) is 27.6 Å². The molecule has 506 valence electrons. The minimum absolute atomic E-state index is 0.00553. The molecule has 0 saturated heterocycles. The molecule has 6 aromatic rings. The van der Waals surface area contributed by atoms with Crippen molar-refractivity contribution in [2.75, 3.05) is 0 Å². The smallest absolute Gasteiger partial charge is 0.453 e. The minimum Gasteiger partial charge on any atom is -0.453 e. The van der Waals surface area contributed by atoms with Crippen molar-refractivity contribution in [3.05, 3.63) is 122 Å². The van der Waals surface area contributed by atoms with Gasteiger partial charge in [0.15, 0.2) is 17.2 Å². The van der Waals surface area contributed by atoms with Gasteiger partial charge in [-0.1, -0.05) is 166 Å². The van der Waals surface area contributed by atoms with Crippen LogP contribution in [0.4, 0.5) is 0 Å². The van der Waals surface area contributed by atoms with Crippen molar-refractivity contribution in [1.82, 2.24) is 29.3 Å². The maximum Gasteiger partial charge on any atom is 0.476 e. The molecule has 0 aliphatic rings. The third-order valence-electron chi connectivity index (χ3n) is 18.6. The van der Waals surface area contributed by atoms with Crippen LogP contribution in [0.15, 0.2) is 54.6 Å². The van der Waals surface area contributed by atoms with Crippen LogP contribution in [0, 0.1) is 100 Å². The lowest BCUT2D eigenvalue weighted by atomic mass is 9.62. The first kappa shape index (κ1) is 75.8. The molecule has 0 N–H and O–H groups in total. The van der Waals surface area contributed by atoms with Gasteiger partial charge >= 0.3 is 7.82 Å². The second kappa shape index (κ2) is 28.2. The second-order valence-corrected chi connectivity index (χ2v) is 32.1. The number of rotatable bonds is 24. The summed E-state index contributed by atoms with van der Waals surface area (Å²) < 4.78 is 68.7. The summed E-state index contributed by atoms with van der Waals surface area (Å²) in [5, 5.41) is 76.0. The van der Waals surface area contributed by atoms with Gasteiger partial charge in [-0.25, -0.2) is 4.57 Å². The van der Waals surface area contributed by atoms with Crippen molar-refractivity contribution in [1.29, 1.82) is 31.6 Å². The summed E-state index contributed by atoms with van der Waals surface area (Å²) in [6.45, 7) is 49.0. The zero-order chi connectivity index (χ0) is 71.5. The molecule has 0 unspecified atom stereocenters. The van der Waals surface area contributed by atoms with Crippen molar-refractivity contribution in [2.45, 2.75) is 241 Å². The van der Waals surface area contributed by atoms with E-state index in [4.69, 9.17) is 43.1 Å². The van der Waals surface area contributed by atoms with Crippen LogP contribution in [0.3, 0.4) is 0 Å². The molecule has 0 radical (unpaired) electrons. The van der Waals surface area contributed by atoms with E-state index in [1.165, 1.54) is 18.2 Å². The van der Waals surface area contributed by atoms with Gasteiger partial charge < -0.3 is 14.2 Å². The van der Waals surface area contributed by atoms with E-state index in [2.05, 4.69) is 161 Å². The Morgan fingerprint density at radius 3 is 0.674 bits per heavy atom. The third kappa shape index (κ3) is 15.2. The van der Waals surface area contributed by atoms with Crippen LogP contribution in [0.1, 0.15) is 234 Å². The lowest BCUT2D eigenvalue weighted by Crippen LogP contribution is -2.62. The summed E-state index contributed by atoms with van der Waals surface area (Å²) >= 11 is 0. The van der Waals surface area contributed by atoms with Crippen LogP contribution in [-0.4, -0.2) is 46.1 Å². The Labute approximate surface area is 565 Å². The van der Waals surface area contributed by atoms with Crippen molar-refractivity contribution in [3.8, 4) is 70.9 Å². The number of nitrogens with zero attached hydrogens (tertiary/aromatic N) is 12. The topological polar surface area (TPSA) is 269 Å². The Morgan fingerprint density at radius 2 is 0.526 bits per heavy atom. The molecule has 0 saturated carbocycles. The molecule has 19 nitrogen and oxygen atoms in total. The lowest BCUT2D eigenvalue weighted by Gasteiger charge is -2.59. The average molecular weight is 1310 g/mol. The van der Waals surface area contributed by atoms with Crippen LogP contribution < -0.4 is 14.2 Å². The van der Waals surface area contributed by atoms with Gasteiger partial charge in [0.25, 0.3) is 0 Å². The molecule has 95 heavy (non-hydrogen) atoms. The highest BCUT2D eigenvalue weighted by Gasteiger charge is 2.66. The van der Waals surface area contributed by atoms with Crippen molar-refractivity contribution in [2.24, 2.45) is 32.5 Å². The van der Waals surface area contributed by atoms with E-state index in [0.717, 1.165) is 0 Å². The van der Waals surface area contributed by atoms with Gasteiger partial charge in [-0.05, 0) is 126 Å². The fourth-order valence-corrected chi connectivity index (χ4v) is 16.8. The monoisotopic (exact) mass is 1310 g/mol. The third-order valence-corrected chi connectivity index (χ3v) is 20.2. The predicted molar refractivity (Wildman–Crippen MR) is 367 cm³/mol. The number of phosphoric ester groups is 1. The normalized spacial score (nSPS) is 12.9. The molecule has 3 aromatic carbocycles. The van der Waals surface area contributed by atoms with Gasteiger partial charge in [0.05, 0.1) is 107 Å². The van der Waals surface area contributed by atoms with Crippen LogP contribution >= 0.6 is 7.82 Å². The fourth-order valence-electron chi connectivity index (χ4n) is 13.8. The molecule has 0 aliphatic heterocycles. The Kier molecular flexibility index (Phi) is 22.5. The first-order valence-corrected chi connectivity index (χ1v) is 34.4. The zero-order valence-corrected chi connectivity index (χ0v) is 61.6. The highest BCUT2D eigenvalue weighted by atomic mass is 31.2. The minimum atomic E-state index is -5.30. The number of benzene rings is 3. The van der Waals surface area contributed by atoms with Gasteiger partial charge in [0.2, 0.25) is 0 Å². The van der Waals surface area contributed by atoms with Gasteiger partial charge in [-0.15, -0.1) is 0 Å². The number of hydrogen-bond donors (Lipinski definition) is 0. The van der Waals surface area contributed by atoms with Crippen molar-refractivity contribution >= 4 is 7.82 Å². The molecule has 0 atom stereocenters. The summed E-state index contributed by atoms with van der Waals surface area (Å²) in [5.41, 5.74) is -4.71. The Bertz CT molecular complexity index is 3560. The Balaban J connectivity index is 1.75. The highest BCUT2D eigenvalue weighted by molar-refractivity contribution is 7.48. The summed E-state index contributed by atoms with van der Waals surface area (Å²) in [7, 11) is -5.30. The molecule has 0 amide bonds. The number of phosphoric acid groups is 1. The maximum atomic E-state index is 18.7. The summed E-state index contributed by atoms with van der Waals surface area (Å²) in [5.74, 6) is 2.30. The van der Waals surface area contributed by atoms with E-state index in [1.807, 2.05) is 55.6 Å². The van der Waals surface area contributed by atoms with E-state index < -0.39 is 57.1 Å². The van der Waals surface area contributed by atoms with E-state index in [-0.39, 0.29) is 53.0 Å². The summed E-state index contributed by atoms with van der Waals surface area (Å²) in [4.78, 5) is 0. The van der Waals surface area contributed by atoms with Crippen LogP contribution in [-0.2, 0) is 76.3 Å². The SMILES string of the molecule is CCc1nn(CC(OP(=O)(OC(Cn2nc(CC)c(Oc3cc(C#N)cc(C#N)c3)c2CC)(C(C)(C)C)C(C)(C)C)OC(Cn2nc(CC)c(Oc3cc(C#N)cc(C#N)c3)c2CC)(C(C)(C)C)C(C)(C)C)(C(C)(C)C)C(C)(C)C)c(CC)c1Oc1cc(C#N)cc(C#N)c1. The van der Waals surface area contributed by atoms with Crippen molar-refractivity contribution in [3.63, 3.8) is 0 Å². The number of nitriles is 6. The largest absolute Gasteiger partial charge is 0.476 e. The van der Waals surface area contributed by atoms with Crippen molar-refractivity contribution < 1.29 is 32.3 Å². The fraction of sp³-hybridized carbons (Fsp3) is 0.560. The number of aryl methyl sites for hydroxylation is 3. The van der Waals surface area contributed by atoms with Crippen LogP contribution in [0.5, 0.6) is 34.5 Å². The summed E-state index contributed by atoms with van der Waals surface area (Å²) in [6.07, 6.45) is 2.60. The second-order valence-electron chi connectivity index (χ2n) is 30.7. The first-order valence-electron chi connectivity index (χ1n) is 32.9. The predicted octanol–water partition coefficient (Wildman–Crippen LogP) is 18.3. The zero-order valence-electron chi connectivity index (χ0n) is 60.7. The van der Waals surface area contributed by atoms with E-state index in [0.29, 0.717) is 107 Å². The van der Waals surface area contributed by atoms with Crippen LogP contribution in [0.2, 0.25) is 0 Å². The van der Waals surface area contributed by atoms with E-state index >= 15 is 4.57 Å². The molecule has 20 heteroatoms. The number of aromatic nitrogens is 6. The van der Waals surface area contributed by atoms with Gasteiger partial charge in [0, 0.05) is 0 Å². The number of ether oxygens (including phenoxy) is 3. The standard InChI is InChI=1S/C75H99N12O7P/c1-25-58-64(89-55-34-49(40-76)31-50(35-55)41-77)61(28-4)85(82-58)46-73(67(7,8)9,68(10,11)12)92-95(88,93-74(69(13,14)15,70(16,17)18)47-86-62(29-5)65(59(26-2)83-86)90-56-36-51(42-78)32-52(37-56)43-79)94-75(71(19,20)21,72(22,23)24)48-87-63(30-6)66(60(27-3)84-87)91-57-38-53(44-80)33-54(39-57)45-81/h31-39H,25-30,46-48H2,1-24H3. The molecule has 0 fully saturated rings. The van der Waals surface area contributed by atoms with E-state index in [9.17, 15) is 31.6 Å². The summed E-state index contributed by atoms with van der Waals surface area (Å²) in [6, 6.07) is 27.0. The van der Waals surface area contributed by atoms with Gasteiger partial charge in [-0.2, -0.15) is 46.9 Å². The average Bonchev–Trinajstić information content (AvgIpc) is 1.30. The molecule has 0 spiro atoms.